The number of hydrogen-bond acceptors (Lipinski definition) is 1. The molecule has 1 unspecified atom stereocenters. The summed E-state index contributed by atoms with van der Waals surface area (Å²) in [5.74, 6) is 0.0182. The van der Waals surface area contributed by atoms with E-state index in [1.54, 1.807) is 12.1 Å². The van der Waals surface area contributed by atoms with Gasteiger partial charge in [0.1, 0.15) is 6.54 Å². The average molecular weight is 304 g/mol. The van der Waals surface area contributed by atoms with Crippen molar-refractivity contribution in [1.82, 2.24) is 0 Å². The number of carbonyl (C=O) groups is 1. The fourth-order valence-electron chi connectivity index (χ4n) is 2.15. The molecule has 0 aliphatic heterocycles. The highest BCUT2D eigenvalue weighted by Crippen LogP contribution is 2.14. The molecule has 1 atom stereocenters. The van der Waals surface area contributed by atoms with Crippen molar-refractivity contribution in [1.29, 1.82) is 0 Å². The number of halogens is 1. The molecule has 1 amide bonds. The Labute approximate surface area is 130 Å². The van der Waals surface area contributed by atoms with E-state index in [4.69, 9.17) is 11.6 Å². The van der Waals surface area contributed by atoms with E-state index in [1.807, 2.05) is 30.3 Å². The smallest absolute Gasteiger partial charge is 0.230 e. The van der Waals surface area contributed by atoms with Crippen LogP contribution in [-0.2, 0) is 11.3 Å². The van der Waals surface area contributed by atoms with Gasteiger partial charge in [0.2, 0.25) is 5.91 Å². The molecule has 2 aromatic carbocycles. The molecule has 0 aliphatic carbocycles. The number of carbonyl (C=O) groups excluding carboxylic acids is 1. The average Bonchev–Trinajstić information content (AvgIpc) is 2.46. The van der Waals surface area contributed by atoms with E-state index in [0.717, 1.165) is 18.8 Å². The summed E-state index contributed by atoms with van der Waals surface area (Å²) in [5.41, 5.74) is 2.03. The summed E-state index contributed by atoms with van der Waals surface area (Å²) in [5, 5.41) is 3.49. The Balaban J connectivity index is 1.76. The van der Waals surface area contributed by atoms with Gasteiger partial charge in [-0.2, -0.15) is 0 Å². The summed E-state index contributed by atoms with van der Waals surface area (Å²) in [7, 11) is 2.10. The zero-order valence-corrected chi connectivity index (χ0v) is 12.9. The Kier molecular flexibility index (Phi) is 5.78. The molecule has 3 nitrogen and oxygen atoms in total. The standard InChI is InChI=1S/C17H19ClN2O/c1-20(13-14-6-3-2-4-7-14)11-10-17(21)19-16-9-5-8-15(18)12-16/h2-9,12H,10-11,13H2,1H3,(H,19,21)/p+1. The number of amides is 1. The van der Waals surface area contributed by atoms with E-state index in [1.165, 1.54) is 10.5 Å². The number of anilines is 1. The van der Waals surface area contributed by atoms with Crippen LogP contribution in [0.4, 0.5) is 5.69 Å². The van der Waals surface area contributed by atoms with Gasteiger partial charge in [0.15, 0.2) is 0 Å². The van der Waals surface area contributed by atoms with Crippen molar-refractivity contribution in [3.05, 3.63) is 65.2 Å². The quantitative estimate of drug-likeness (QED) is 0.844. The molecule has 110 valence electrons. The third-order valence-electron chi connectivity index (χ3n) is 3.24. The lowest BCUT2D eigenvalue weighted by molar-refractivity contribution is -0.893. The number of benzene rings is 2. The summed E-state index contributed by atoms with van der Waals surface area (Å²) in [6.07, 6.45) is 0.491. The summed E-state index contributed by atoms with van der Waals surface area (Å²) in [4.78, 5) is 13.2. The van der Waals surface area contributed by atoms with Crippen LogP contribution in [0.25, 0.3) is 0 Å². The van der Waals surface area contributed by atoms with Crippen LogP contribution in [0.1, 0.15) is 12.0 Å². The second-order valence-electron chi connectivity index (χ2n) is 5.18. The highest BCUT2D eigenvalue weighted by Gasteiger charge is 2.08. The van der Waals surface area contributed by atoms with E-state index in [2.05, 4.69) is 24.5 Å². The van der Waals surface area contributed by atoms with Gasteiger partial charge in [-0.05, 0) is 18.2 Å². The van der Waals surface area contributed by atoms with Gasteiger partial charge in [0.05, 0.1) is 20.0 Å². The molecule has 0 fully saturated rings. The van der Waals surface area contributed by atoms with Gasteiger partial charge in [0.25, 0.3) is 0 Å². The maximum atomic E-state index is 11.9. The van der Waals surface area contributed by atoms with Crippen molar-refractivity contribution in [2.75, 3.05) is 18.9 Å². The van der Waals surface area contributed by atoms with Gasteiger partial charge in [-0.1, -0.05) is 48.0 Å². The largest absolute Gasteiger partial charge is 0.333 e. The molecular formula is C17H20ClN2O+. The molecule has 2 N–H and O–H groups in total. The van der Waals surface area contributed by atoms with Crippen LogP contribution >= 0.6 is 11.6 Å². The lowest BCUT2D eigenvalue weighted by Crippen LogP contribution is -3.07. The molecule has 2 rings (SSSR count). The van der Waals surface area contributed by atoms with Gasteiger partial charge >= 0.3 is 0 Å². The van der Waals surface area contributed by atoms with Crippen LogP contribution < -0.4 is 10.2 Å². The van der Waals surface area contributed by atoms with Crippen LogP contribution in [0.3, 0.4) is 0 Å². The van der Waals surface area contributed by atoms with Crippen molar-refractivity contribution in [3.8, 4) is 0 Å². The second-order valence-corrected chi connectivity index (χ2v) is 5.61. The molecule has 0 saturated carbocycles. The minimum Gasteiger partial charge on any atom is -0.333 e. The van der Waals surface area contributed by atoms with Gasteiger partial charge in [-0.3, -0.25) is 4.79 Å². The molecule has 4 heteroatoms. The highest BCUT2D eigenvalue weighted by molar-refractivity contribution is 6.30. The molecule has 0 bridgehead atoms. The van der Waals surface area contributed by atoms with Crippen molar-refractivity contribution in [3.63, 3.8) is 0 Å². The van der Waals surface area contributed by atoms with Crippen LogP contribution in [0.5, 0.6) is 0 Å². The third kappa shape index (κ3) is 5.58. The predicted octanol–water partition coefficient (Wildman–Crippen LogP) is 2.38. The van der Waals surface area contributed by atoms with E-state index in [9.17, 15) is 4.79 Å². The maximum absolute atomic E-state index is 11.9. The van der Waals surface area contributed by atoms with Gasteiger partial charge in [-0.15, -0.1) is 0 Å². The summed E-state index contributed by atoms with van der Waals surface area (Å²) in [6, 6.07) is 17.5. The fraction of sp³-hybridized carbons (Fsp3) is 0.235. The van der Waals surface area contributed by atoms with Crippen LogP contribution in [-0.4, -0.2) is 19.5 Å². The first-order valence-electron chi connectivity index (χ1n) is 7.04. The molecule has 0 saturated heterocycles. The van der Waals surface area contributed by atoms with E-state index in [-0.39, 0.29) is 5.91 Å². The summed E-state index contributed by atoms with van der Waals surface area (Å²) < 4.78 is 0. The SMILES string of the molecule is C[NH+](CCC(=O)Nc1cccc(Cl)c1)Cc1ccccc1. The number of nitrogens with one attached hydrogen (secondary N) is 2. The topological polar surface area (TPSA) is 33.5 Å². The third-order valence-corrected chi connectivity index (χ3v) is 3.47. The van der Waals surface area contributed by atoms with E-state index in [0.29, 0.717) is 11.4 Å². The molecule has 21 heavy (non-hydrogen) atoms. The highest BCUT2D eigenvalue weighted by atomic mass is 35.5. The van der Waals surface area contributed by atoms with Gasteiger partial charge < -0.3 is 10.2 Å². The Bertz CT molecular complexity index is 586. The first-order chi connectivity index (χ1) is 10.1. The molecule has 0 radical (unpaired) electrons. The monoisotopic (exact) mass is 303 g/mol. The Morgan fingerprint density at radius 2 is 1.90 bits per heavy atom. The Hall–Kier alpha value is -1.84. The Morgan fingerprint density at radius 3 is 2.62 bits per heavy atom. The van der Waals surface area contributed by atoms with E-state index < -0.39 is 0 Å². The molecule has 0 aromatic heterocycles. The molecule has 0 aliphatic rings. The van der Waals surface area contributed by atoms with Crippen molar-refractivity contribution < 1.29 is 9.69 Å². The molecule has 2 aromatic rings. The minimum atomic E-state index is 0.0182. The molecule has 0 spiro atoms. The predicted molar refractivity (Wildman–Crippen MR) is 86.6 cm³/mol. The molecule has 0 heterocycles. The zero-order valence-electron chi connectivity index (χ0n) is 12.1. The van der Waals surface area contributed by atoms with Crippen LogP contribution in [0.2, 0.25) is 5.02 Å². The number of quaternary nitrogens is 1. The van der Waals surface area contributed by atoms with Crippen LogP contribution in [0.15, 0.2) is 54.6 Å². The number of rotatable bonds is 6. The fourth-order valence-corrected chi connectivity index (χ4v) is 2.34. The van der Waals surface area contributed by atoms with Crippen molar-refractivity contribution in [2.45, 2.75) is 13.0 Å². The maximum Gasteiger partial charge on any atom is 0.230 e. The van der Waals surface area contributed by atoms with Crippen LogP contribution in [0, 0.1) is 0 Å². The first kappa shape index (κ1) is 15.5. The van der Waals surface area contributed by atoms with Gasteiger partial charge in [-0.25, -0.2) is 0 Å². The minimum absolute atomic E-state index is 0.0182. The normalized spacial score (nSPS) is 11.9. The zero-order chi connectivity index (χ0) is 15.1. The lowest BCUT2D eigenvalue weighted by Gasteiger charge is -2.14. The lowest BCUT2D eigenvalue weighted by atomic mass is 10.2. The van der Waals surface area contributed by atoms with Crippen molar-refractivity contribution >= 4 is 23.2 Å². The van der Waals surface area contributed by atoms with E-state index >= 15 is 0 Å². The second kappa shape index (κ2) is 7.81. The number of hydrogen-bond donors (Lipinski definition) is 2. The van der Waals surface area contributed by atoms with Crippen molar-refractivity contribution in [2.24, 2.45) is 0 Å². The van der Waals surface area contributed by atoms with Gasteiger partial charge in [0, 0.05) is 16.3 Å². The summed E-state index contributed by atoms with van der Waals surface area (Å²) >= 11 is 5.89. The molecular weight excluding hydrogens is 284 g/mol. The summed E-state index contributed by atoms with van der Waals surface area (Å²) in [6.45, 7) is 1.71. The first-order valence-corrected chi connectivity index (χ1v) is 7.42. The Morgan fingerprint density at radius 1 is 1.14 bits per heavy atom.